The Hall–Kier alpha value is -1.86. The molecule has 23 heavy (non-hydrogen) atoms. The molecule has 0 fully saturated rings. The van der Waals surface area contributed by atoms with Gasteiger partial charge in [-0.25, -0.2) is 4.79 Å². The average Bonchev–Trinajstić information content (AvgIpc) is 2.56. The van der Waals surface area contributed by atoms with E-state index >= 15 is 0 Å². The van der Waals surface area contributed by atoms with Gasteiger partial charge in [-0.3, -0.25) is 10.1 Å². The Kier molecular flexibility index (Phi) is 8.36. The van der Waals surface area contributed by atoms with E-state index in [1.54, 1.807) is 12.1 Å². The Bertz CT molecular complexity index is 571. The Labute approximate surface area is 140 Å². The Morgan fingerprint density at radius 1 is 1.39 bits per heavy atom. The maximum atomic E-state index is 11.2. The number of nitrogens with zero attached hydrogens (tertiary/aromatic N) is 2. The topological polar surface area (TPSA) is 72.7 Å². The first-order valence-corrected chi connectivity index (χ1v) is 8.40. The minimum atomic E-state index is -0.495. The largest absolute Gasteiger partial charge is 0.466 e. The number of carbonyl (C=O) groups excluding carboxylic acids is 1. The third-order valence-electron chi connectivity index (χ3n) is 3.35. The molecule has 0 atom stereocenters. The van der Waals surface area contributed by atoms with Gasteiger partial charge in [-0.15, -0.1) is 11.8 Å². The molecular weight excluding hydrogens is 316 g/mol. The summed E-state index contributed by atoms with van der Waals surface area (Å²) in [6.45, 7) is 7.02. The highest BCUT2D eigenvalue weighted by Crippen LogP contribution is 2.30. The molecule has 0 spiro atoms. The monoisotopic (exact) mass is 338 g/mol. The number of methoxy groups -OCH3 is 1. The highest BCUT2D eigenvalue weighted by atomic mass is 32.2. The molecule has 0 aliphatic heterocycles. The predicted molar refractivity (Wildman–Crippen MR) is 92.7 cm³/mol. The van der Waals surface area contributed by atoms with E-state index in [0.717, 1.165) is 25.4 Å². The number of esters is 1. The zero-order valence-electron chi connectivity index (χ0n) is 13.7. The second-order valence-electron chi connectivity index (χ2n) is 4.72. The molecule has 0 N–H and O–H groups in total. The fourth-order valence-electron chi connectivity index (χ4n) is 1.96. The van der Waals surface area contributed by atoms with Crippen molar-refractivity contribution in [3.63, 3.8) is 0 Å². The van der Waals surface area contributed by atoms with E-state index < -0.39 is 10.9 Å². The van der Waals surface area contributed by atoms with E-state index in [-0.39, 0.29) is 5.69 Å². The van der Waals surface area contributed by atoms with Gasteiger partial charge in [-0.2, -0.15) is 0 Å². The third kappa shape index (κ3) is 6.42. The maximum Gasteiger partial charge on any atom is 0.330 e. The quantitative estimate of drug-likeness (QED) is 0.226. The lowest BCUT2D eigenvalue weighted by atomic mass is 10.2. The number of hydrogen-bond acceptors (Lipinski definition) is 6. The number of ether oxygens (including phenoxy) is 1. The number of thioether (sulfide) groups is 1. The van der Waals surface area contributed by atoms with Crippen molar-refractivity contribution in [3.8, 4) is 0 Å². The van der Waals surface area contributed by atoms with Gasteiger partial charge in [0.05, 0.1) is 16.9 Å². The highest BCUT2D eigenvalue weighted by Gasteiger charge is 2.14. The Balaban J connectivity index is 2.82. The van der Waals surface area contributed by atoms with Crippen molar-refractivity contribution >= 4 is 29.5 Å². The first-order chi connectivity index (χ1) is 11.0. The number of nitro groups is 1. The van der Waals surface area contributed by atoms with Crippen LogP contribution in [-0.2, 0) is 9.53 Å². The van der Waals surface area contributed by atoms with Gasteiger partial charge < -0.3 is 9.64 Å². The van der Waals surface area contributed by atoms with E-state index in [1.165, 1.54) is 37.1 Å². The number of hydrogen-bond donors (Lipinski definition) is 0. The smallest absolute Gasteiger partial charge is 0.330 e. The molecule has 0 aliphatic rings. The van der Waals surface area contributed by atoms with Gasteiger partial charge >= 0.3 is 5.97 Å². The van der Waals surface area contributed by atoms with Gasteiger partial charge in [-0.05, 0) is 30.8 Å². The summed E-state index contributed by atoms with van der Waals surface area (Å²) in [5.41, 5.74) is 0.650. The van der Waals surface area contributed by atoms with Gasteiger partial charge in [0.25, 0.3) is 5.69 Å². The Morgan fingerprint density at radius 2 is 2.09 bits per heavy atom. The molecule has 0 aliphatic carbocycles. The van der Waals surface area contributed by atoms with Crippen molar-refractivity contribution in [2.45, 2.75) is 18.7 Å². The first kappa shape index (κ1) is 19.2. The lowest BCUT2D eigenvalue weighted by molar-refractivity contribution is -0.387. The summed E-state index contributed by atoms with van der Waals surface area (Å²) < 4.78 is 4.50. The summed E-state index contributed by atoms with van der Waals surface area (Å²) in [4.78, 5) is 24.8. The van der Waals surface area contributed by atoms with Gasteiger partial charge in [-0.1, -0.05) is 19.9 Å². The fraction of sp³-hybridized carbons (Fsp3) is 0.438. The molecule has 0 bridgehead atoms. The van der Waals surface area contributed by atoms with Crippen LogP contribution in [0.5, 0.6) is 0 Å². The van der Waals surface area contributed by atoms with Crippen molar-refractivity contribution in [3.05, 3.63) is 40.0 Å². The summed E-state index contributed by atoms with van der Waals surface area (Å²) in [6.07, 6.45) is 2.75. The predicted octanol–water partition coefficient (Wildman–Crippen LogP) is 3.21. The summed E-state index contributed by atoms with van der Waals surface area (Å²) in [7, 11) is 1.28. The molecule has 0 unspecified atom stereocenters. The minimum Gasteiger partial charge on any atom is -0.466 e. The summed E-state index contributed by atoms with van der Waals surface area (Å²) in [5.74, 6) is 0.296. The first-order valence-electron chi connectivity index (χ1n) is 7.41. The Morgan fingerprint density at radius 3 is 2.65 bits per heavy atom. The normalized spacial score (nSPS) is 11.1. The fourth-order valence-corrected chi connectivity index (χ4v) is 2.97. The SMILES string of the molecule is CCN(CC)CCSc1ccc(C=CC(=O)OC)cc1[N+](=O)[O-]. The molecule has 0 amide bonds. The van der Waals surface area contributed by atoms with Gasteiger partial charge in [0, 0.05) is 24.4 Å². The second-order valence-corrected chi connectivity index (χ2v) is 5.85. The molecule has 1 aromatic rings. The van der Waals surface area contributed by atoms with Crippen LogP contribution in [0.15, 0.2) is 29.2 Å². The van der Waals surface area contributed by atoms with Gasteiger partial charge in [0.1, 0.15) is 0 Å². The zero-order chi connectivity index (χ0) is 17.2. The van der Waals surface area contributed by atoms with E-state index in [9.17, 15) is 14.9 Å². The van der Waals surface area contributed by atoms with Crippen LogP contribution in [0.3, 0.4) is 0 Å². The van der Waals surface area contributed by atoms with Crippen LogP contribution in [0, 0.1) is 10.1 Å². The molecule has 7 heteroatoms. The van der Waals surface area contributed by atoms with Crippen molar-refractivity contribution in [1.82, 2.24) is 4.90 Å². The molecule has 0 aromatic heterocycles. The van der Waals surface area contributed by atoms with Crippen LogP contribution in [0.4, 0.5) is 5.69 Å². The van der Waals surface area contributed by atoms with E-state index in [1.807, 2.05) is 0 Å². The average molecular weight is 338 g/mol. The lowest BCUT2D eigenvalue weighted by Crippen LogP contribution is -2.25. The third-order valence-corrected chi connectivity index (χ3v) is 4.40. The summed E-state index contributed by atoms with van der Waals surface area (Å²) in [5, 5.41) is 11.2. The summed E-state index contributed by atoms with van der Waals surface area (Å²) >= 11 is 1.47. The second kappa shape index (κ2) is 10.0. The van der Waals surface area contributed by atoms with Crippen molar-refractivity contribution in [1.29, 1.82) is 0 Å². The van der Waals surface area contributed by atoms with E-state index in [4.69, 9.17) is 0 Å². The van der Waals surface area contributed by atoms with Crippen molar-refractivity contribution < 1.29 is 14.5 Å². The standard InChI is InChI=1S/C16H22N2O4S/c1-4-17(5-2)10-11-23-15-8-6-13(7-9-16(19)22-3)12-14(15)18(20)21/h6-9,12H,4-5,10-11H2,1-3H3. The molecule has 0 radical (unpaired) electrons. The van der Waals surface area contributed by atoms with Crippen LogP contribution >= 0.6 is 11.8 Å². The molecular formula is C16H22N2O4S. The van der Waals surface area contributed by atoms with Gasteiger partial charge in [0.15, 0.2) is 0 Å². The molecule has 0 heterocycles. The molecule has 6 nitrogen and oxygen atoms in total. The lowest BCUT2D eigenvalue weighted by Gasteiger charge is -2.17. The van der Waals surface area contributed by atoms with E-state index in [0.29, 0.717) is 10.5 Å². The number of benzene rings is 1. The van der Waals surface area contributed by atoms with Crippen LogP contribution in [-0.4, -0.2) is 48.3 Å². The van der Waals surface area contributed by atoms with Crippen LogP contribution in [0.1, 0.15) is 19.4 Å². The molecule has 1 rings (SSSR count). The minimum absolute atomic E-state index is 0.0570. The van der Waals surface area contributed by atoms with Gasteiger partial charge in [0.2, 0.25) is 0 Å². The van der Waals surface area contributed by atoms with Crippen molar-refractivity contribution in [2.75, 3.05) is 32.5 Å². The van der Waals surface area contributed by atoms with Crippen molar-refractivity contribution in [2.24, 2.45) is 0 Å². The zero-order valence-corrected chi connectivity index (χ0v) is 14.5. The highest BCUT2D eigenvalue weighted by molar-refractivity contribution is 7.99. The van der Waals surface area contributed by atoms with Crippen LogP contribution in [0.25, 0.3) is 6.08 Å². The molecule has 126 valence electrons. The molecule has 0 saturated carbocycles. The summed E-state index contributed by atoms with van der Waals surface area (Å²) in [6, 6.07) is 4.95. The van der Waals surface area contributed by atoms with Crippen LogP contribution in [0.2, 0.25) is 0 Å². The van der Waals surface area contributed by atoms with E-state index in [2.05, 4.69) is 23.5 Å². The number of rotatable bonds is 9. The molecule has 1 aromatic carbocycles. The maximum absolute atomic E-state index is 11.2. The number of nitro benzene ring substituents is 1. The molecule has 0 saturated heterocycles. The van der Waals surface area contributed by atoms with Crippen LogP contribution < -0.4 is 0 Å². The number of carbonyl (C=O) groups is 1.